The van der Waals surface area contributed by atoms with Gasteiger partial charge in [0.1, 0.15) is 13.2 Å². The van der Waals surface area contributed by atoms with Crippen molar-refractivity contribution in [1.29, 1.82) is 0 Å². The first-order valence-electron chi connectivity index (χ1n) is 10.7. The fraction of sp³-hybridized carbons (Fsp3) is 0.192. The molecule has 3 aromatic rings. The van der Waals surface area contributed by atoms with Gasteiger partial charge in [-0.15, -0.1) is 0 Å². The van der Waals surface area contributed by atoms with Crippen LogP contribution in [0.25, 0.3) is 0 Å². The van der Waals surface area contributed by atoms with E-state index in [0.29, 0.717) is 41.5 Å². The molecule has 0 saturated carbocycles. The number of fused-ring (bicyclic) bond motifs is 2. The maximum atomic E-state index is 13.1. The zero-order valence-electron chi connectivity index (χ0n) is 18.3. The van der Waals surface area contributed by atoms with Gasteiger partial charge in [-0.1, -0.05) is 24.3 Å². The number of carbonyl (C=O) groups is 3. The summed E-state index contributed by atoms with van der Waals surface area (Å²) in [7, 11) is 0. The number of carbonyl (C=O) groups excluding carboxylic acids is 3. The van der Waals surface area contributed by atoms with Crippen LogP contribution >= 0.6 is 0 Å². The summed E-state index contributed by atoms with van der Waals surface area (Å²) in [6, 6.07) is 17.1. The molecule has 0 fully saturated rings. The Morgan fingerprint density at radius 2 is 1.64 bits per heavy atom. The smallest absolute Gasteiger partial charge is 0.266 e. The van der Waals surface area contributed by atoms with Gasteiger partial charge in [-0.05, 0) is 61.4 Å². The number of para-hydroxylation sites is 1. The number of aryl methyl sites for hydroxylation is 1. The third kappa shape index (κ3) is 3.61. The van der Waals surface area contributed by atoms with Gasteiger partial charge in [0, 0.05) is 5.56 Å². The highest BCUT2D eigenvalue weighted by atomic mass is 16.6. The zero-order chi connectivity index (χ0) is 23.1. The lowest BCUT2D eigenvalue weighted by molar-refractivity contribution is 0.0921. The molecule has 3 amide bonds. The van der Waals surface area contributed by atoms with Crippen molar-refractivity contribution in [2.75, 3.05) is 18.1 Å². The Morgan fingerprint density at radius 3 is 2.42 bits per heavy atom. The van der Waals surface area contributed by atoms with Crippen LogP contribution in [0, 0.1) is 6.92 Å². The number of rotatable bonds is 4. The summed E-state index contributed by atoms with van der Waals surface area (Å²) in [4.78, 5) is 40.1. The summed E-state index contributed by atoms with van der Waals surface area (Å²) in [5, 5.41) is 2.94. The number of ether oxygens (including phenoxy) is 2. The van der Waals surface area contributed by atoms with Crippen LogP contribution < -0.4 is 19.7 Å². The summed E-state index contributed by atoms with van der Waals surface area (Å²) in [6.45, 7) is 4.71. The van der Waals surface area contributed by atoms with Crippen LogP contribution in [0.3, 0.4) is 0 Å². The lowest BCUT2D eigenvalue weighted by atomic mass is 10.0. The van der Waals surface area contributed by atoms with Crippen molar-refractivity contribution in [2.24, 2.45) is 0 Å². The van der Waals surface area contributed by atoms with Crippen LogP contribution in [0.15, 0.2) is 60.7 Å². The van der Waals surface area contributed by atoms with Gasteiger partial charge in [-0.25, -0.2) is 4.90 Å². The topological polar surface area (TPSA) is 84.9 Å². The fourth-order valence-electron chi connectivity index (χ4n) is 4.11. The van der Waals surface area contributed by atoms with Crippen molar-refractivity contribution in [3.05, 3.63) is 88.5 Å². The first-order chi connectivity index (χ1) is 15.9. The van der Waals surface area contributed by atoms with Crippen LogP contribution in [0.5, 0.6) is 11.5 Å². The monoisotopic (exact) mass is 442 g/mol. The normalized spacial score (nSPS) is 15.3. The highest BCUT2D eigenvalue weighted by Crippen LogP contribution is 2.33. The summed E-state index contributed by atoms with van der Waals surface area (Å²) >= 11 is 0. The molecule has 0 spiro atoms. The van der Waals surface area contributed by atoms with Crippen molar-refractivity contribution in [1.82, 2.24) is 5.32 Å². The second-order valence-corrected chi connectivity index (χ2v) is 8.09. The lowest BCUT2D eigenvalue weighted by Crippen LogP contribution is -2.30. The molecule has 2 heterocycles. The van der Waals surface area contributed by atoms with Gasteiger partial charge in [0.25, 0.3) is 17.7 Å². The second kappa shape index (κ2) is 8.09. The largest absolute Gasteiger partial charge is 0.486 e. The number of benzene rings is 3. The second-order valence-electron chi connectivity index (χ2n) is 8.09. The van der Waals surface area contributed by atoms with Crippen LogP contribution in [0.4, 0.5) is 5.69 Å². The van der Waals surface area contributed by atoms with E-state index < -0.39 is 5.91 Å². The summed E-state index contributed by atoms with van der Waals surface area (Å²) in [5.41, 5.74) is 3.06. The molecule has 1 unspecified atom stereocenters. The number of amides is 3. The van der Waals surface area contributed by atoms with Gasteiger partial charge >= 0.3 is 0 Å². The minimum absolute atomic E-state index is 0.225. The maximum absolute atomic E-state index is 13.1. The Labute approximate surface area is 190 Å². The lowest BCUT2D eigenvalue weighted by Gasteiger charge is -2.21. The Hall–Kier alpha value is -4.13. The van der Waals surface area contributed by atoms with Crippen LogP contribution in [0.1, 0.15) is 55.2 Å². The summed E-state index contributed by atoms with van der Waals surface area (Å²) < 4.78 is 11.2. The van der Waals surface area contributed by atoms with Gasteiger partial charge in [0.15, 0.2) is 11.5 Å². The molecule has 1 atom stereocenters. The average Bonchev–Trinajstić information content (AvgIpc) is 3.08. The van der Waals surface area contributed by atoms with E-state index in [1.54, 1.807) is 18.2 Å². The van der Waals surface area contributed by atoms with E-state index in [1.165, 1.54) is 17.0 Å². The molecule has 33 heavy (non-hydrogen) atoms. The SMILES string of the molecule is Cc1ccccc1N1C(=O)c2ccc(C(=O)NC(C)c3ccc4c(c3)OCCO4)cc2C1=O. The molecule has 0 bridgehead atoms. The van der Waals surface area contributed by atoms with Crippen molar-refractivity contribution < 1.29 is 23.9 Å². The van der Waals surface area contributed by atoms with E-state index in [4.69, 9.17) is 9.47 Å². The van der Waals surface area contributed by atoms with Crippen LogP contribution in [0.2, 0.25) is 0 Å². The first-order valence-corrected chi connectivity index (χ1v) is 10.7. The number of nitrogens with zero attached hydrogens (tertiary/aromatic N) is 1. The number of imide groups is 1. The van der Waals surface area contributed by atoms with E-state index >= 15 is 0 Å². The molecule has 5 rings (SSSR count). The van der Waals surface area contributed by atoms with Crippen molar-refractivity contribution in [2.45, 2.75) is 19.9 Å². The number of hydrogen-bond donors (Lipinski definition) is 1. The molecular weight excluding hydrogens is 420 g/mol. The maximum Gasteiger partial charge on any atom is 0.266 e. The molecule has 166 valence electrons. The fourth-order valence-corrected chi connectivity index (χ4v) is 4.11. The highest BCUT2D eigenvalue weighted by molar-refractivity contribution is 6.35. The predicted octanol–water partition coefficient (Wildman–Crippen LogP) is 4.06. The molecule has 7 heteroatoms. The molecule has 2 aliphatic heterocycles. The molecule has 0 aliphatic carbocycles. The summed E-state index contributed by atoms with van der Waals surface area (Å²) in [6.07, 6.45) is 0. The van der Waals surface area contributed by atoms with Crippen molar-refractivity contribution in [3.63, 3.8) is 0 Å². The minimum Gasteiger partial charge on any atom is -0.486 e. The quantitative estimate of drug-likeness (QED) is 0.616. The van der Waals surface area contributed by atoms with E-state index in [0.717, 1.165) is 11.1 Å². The van der Waals surface area contributed by atoms with Crippen LogP contribution in [-0.4, -0.2) is 30.9 Å². The van der Waals surface area contributed by atoms with Gasteiger partial charge in [-0.3, -0.25) is 14.4 Å². The van der Waals surface area contributed by atoms with Gasteiger partial charge < -0.3 is 14.8 Å². The van der Waals surface area contributed by atoms with E-state index in [2.05, 4.69) is 5.32 Å². The third-order valence-corrected chi connectivity index (χ3v) is 5.92. The minimum atomic E-state index is -0.432. The number of hydrogen-bond acceptors (Lipinski definition) is 5. The third-order valence-electron chi connectivity index (χ3n) is 5.92. The molecule has 3 aromatic carbocycles. The summed E-state index contributed by atoms with van der Waals surface area (Å²) in [5.74, 6) is 0.177. The molecule has 0 radical (unpaired) electrons. The zero-order valence-corrected chi connectivity index (χ0v) is 18.3. The van der Waals surface area contributed by atoms with Crippen molar-refractivity contribution in [3.8, 4) is 11.5 Å². The van der Waals surface area contributed by atoms with E-state index in [1.807, 2.05) is 44.2 Å². The Bertz CT molecular complexity index is 1300. The number of anilines is 1. The van der Waals surface area contributed by atoms with Gasteiger partial charge in [0.2, 0.25) is 0 Å². The van der Waals surface area contributed by atoms with Crippen molar-refractivity contribution >= 4 is 23.4 Å². The first kappa shape index (κ1) is 20.8. The Morgan fingerprint density at radius 1 is 0.909 bits per heavy atom. The van der Waals surface area contributed by atoms with Gasteiger partial charge in [0.05, 0.1) is 22.9 Å². The molecule has 0 aromatic heterocycles. The molecule has 0 saturated heterocycles. The highest BCUT2D eigenvalue weighted by Gasteiger charge is 2.37. The molecule has 7 nitrogen and oxygen atoms in total. The Kier molecular flexibility index (Phi) is 5.09. The molecule has 1 N–H and O–H groups in total. The average molecular weight is 442 g/mol. The van der Waals surface area contributed by atoms with E-state index in [9.17, 15) is 14.4 Å². The predicted molar refractivity (Wildman–Crippen MR) is 122 cm³/mol. The van der Waals surface area contributed by atoms with Gasteiger partial charge in [-0.2, -0.15) is 0 Å². The molecular formula is C26H22N2O5. The van der Waals surface area contributed by atoms with Crippen LogP contribution in [-0.2, 0) is 0 Å². The Balaban J connectivity index is 1.37. The van der Waals surface area contributed by atoms with E-state index in [-0.39, 0.29) is 23.4 Å². The standard InChI is InChI=1S/C26H22N2O5/c1-15-5-3-4-6-21(15)28-25(30)19-9-7-18(13-20(19)26(28)31)24(29)27-16(2)17-8-10-22-23(14-17)33-12-11-32-22/h3-10,13-14,16H,11-12H2,1-2H3,(H,27,29). The number of nitrogens with one attached hydrogen (secondary N) is 1. The molecule has 2 aliphatic rings.